The molecule has 0 aromatic heterocycles. The number of ether oxygens (including phenoxy) is 2. The van der Waals surface area contributed by atoms with E-state index < -0.39 is 36.1 Å². The normalized spacial score (nSPS) is 13.2. The molecule has 0 bridgehead atoms. The van der Waals surface area contributed by atoms with Crippen molar-refractivity contribution in [3.8, 4) is 5.75 Å². The number of phenols is 1. The zero-order valence-electron chi connectivity index (χ0n) is 16.1. The summed E-state index contributed by atoms with van der Waals surface area (Å²) in [7, 11) is 0.917. The molecule has 0 aliphatic carbocycles. The maximum atomic E-state index is 13.9. The summed E-state index contributed by atoms with van der Waals surface area (Å²) in [6, 6.07) is 9.63. The Hall–Kier alpha value is -2.52. The van der Waals surface area contributed by atoms with Crippen LogP contribution in [-0.4, -0.2) is 31.4 Å². The number of hydrogen-bond acceptors (Lipinski definition) is 3. The van der Waals surface area contributed by atoms with Crippen molar-refractivity contribution in [3.63, 3.8) is 0 Å². The van der Waals surface area contributed by atoms with Crippen LogP contribution in [0.3, 0.4) is 0 Å². The summed E-state index contributed by atoms with van der Waals surface area (Å²) in [5, 5.41) is 10.5. The minimum Gasteiger partial charge on any atom is -0.507 e. The zero-order valence-corrected chi connectivity index (χ0v) is 16.1. The van der Waals surface area contributed by atoms with Crippen LogP contribution in [0.5, 0.6) is 5.75 Å². The van der Waals surface area contributed by atoms with E-state index in [1.54, 1.807) is 30.3 Å². The van der Waals surface area contributed by atoms with Crippen LogP contribution >= 0.6 is 0 Å². The van der Waals surface area contributed by atoms with E-state index in [-0.39, 0.29) is 17.5 Å². The first-order valence-corrected chi connectivity index (χ1v) is 8.77. The predicted molar refractivity (Wildman–Crippen MR) is 98.8 cm³/mol. The Morgan fingerprint density at radius 3 is 2.07 bits per heavy atom. The van der Waals surface area contributed by atoms with Gasteiger partial charge in [0.25, 0.3) is 5.60 Å². The third-order valence-corrected chi connectivity index (χ3v) is 4.40. The van der Waals surface area contributed by atoms with E-state index in [2.05, 4.69) is 9.47 Å². The molecule has 2 rings (SSSR count). The van der Waals surface area contributed by atoms with Gasteiger partial charge in [0.2, 0.25) is 0 Å². The second kappa shape index (κ2) is 9.09. The van der Waals surface area contributed by atoms with E-state index in [0.717, 1.165) is 7.11 Å². The summed E-state index contributed by atoms with van der Waals surface area (Å²) in [6.07, 6.45) is -9.16. The van der Waals surface area contributed by atoms with Gasteiger partial charge in [0.05, 0.1) is 0 Å². The van der Waals surface area contributed by atoms with Crippen LogP contribution in [0, 0.1) is 0 Å². The van der Waals surface area contributed by atoms with Gasteiger partial charge in [-0.3, -0.25) is 0 Å². The van der Waals surface area contributed by atoms with Gasteiger partial charge in [-0.2, -0.15) is 26.3 Å². The fraction of sp³-hybridized carbons (Fsp3) is 0.333. The van der Waals surface area contributed by atoms with E-state index in [1.807, 2.05) is 0 Å². The third-order valence-electron chi connectivity index (χ3n) is 4.40. The number of aromatic hydroxyl groups is 1. The first kappa shape index (κ1) is 23.8. The third kappa shape index (κ3) is 4.62. The van der Waals surface area contributed by atoms with Gasteiger partial charge in [0.1, 0.15) is 12.5 Å². The highest BCUT2D eigenvalue weighted by molar-refractivity contribution is 5.62. The van der Waals surface area contributed by atoms with E-state index in [0.29, 0.717) is 17.7 Å². The lowest BCUT2D eigenvalue weighted by Crippen LogP contribution is -2.56. The molecule has 3 nitrogen and oxygen atoms in total. The van der Waals surface area contributed by atoms with Gasteiger partial charge in [-0.15, -0.1) is 0 Å². The molecule has 0 aliphatic rings. The SMILES string of the molecule is CC=Cc1cc(C(OCOC)(C(F)(F)F)C(F)(F)F)cc(Cc2ccccc2)c1O. The molecule has 164 valence electrons. The second-order valence-corrected chi connectivity index (χ2v) is 6.46. The van der Waals surface area contributed by atoms with Crippen molar-refractivity contribution in [1.82, 2.24) is 0 Å². The molecule has 2 aromatic carbocycles. The monoisotopic (exact) mass is 434 g/mol. The van der Waals surface area contributed by atoms with E-state index in [4.69, 9.17) is 0 Å². The molecule has 0 saturated heterocycles. The average molecular weight is 434 g/mol. The average Bonchev–Trinajstić information content (AvgIpc) is 2.64. The topological polar surface area (TPSA) is 38.7 Å². The molecular weight excluding hydrogens is 414 g/mol. The van der Waals surface area contributed by atoms with Crippen LogP contribution in [0.2, 0.25) is 0 Å². The largest absolute Gasteiger partial charge is 0.507 e. The predicted octanol–water partition coefficient (Wildman–Crippen LogP) is 5.96. The minimum absolute atomic E-state index is 0.0822. The molecule has 0 spiro atoms. The van der Waals surface area contributed by atoms with Crippen molar-refractivity contribution in [2.75, 3.05) is 13.9 Å². The van der Waals surface area contributed by atoms with Gasteiger partial charge < -0.3 is 14.6 Å². The lowest BCUT2D eigenvalue weighted by atomic mass is 9.87. The molecule has 0 saturated carbocycles. The number of allylic oxidation sites excluding steroid dienone is 1. The van der Waals surface area contributed by atoms with Crippen molar-refractivity contribution in [2.45, 2.75) is 31.3 Å². The quantitative estimate of drug-likeness (QED) is 0.432. The van der Waals surface area contributed by atoms with Crippen molar-refractivity contribution < 1.29 is 40.9 Å². The van der Waals surface area contributed by atoms with Crippen molar-refractivity contribution in [3.05, 3.63) is 70.8 Å². The van der Waals surface area contributed by atoms with Crippen LogP contribution in [0.1, 0.15) is 29.2 Å². The standard InChI is InChI=1S/C21H20F6O3/c1-3-7-15-11-17(12-16(18(15)28)10-14-8-5-4-6-9-14)19(20(22,23)24,21(25,26)27)30-13-29-2/h3-9,11-12,28H,10,13H2,1-2H3. The summed E-state index contributed by atoms with van der Waals surface area (Å²) in [6.45, 7) is 0.276. The number of hydrogen-bond donors (Lipinski definition) is 1. The Labute approximate surface area is 169 Å². The number of halogens is 6. The number of benzene rings is 2. The summed E-state index contributed by atoms with van der Waals surface area (Å²) in [5.41, 5.74) is -5.54. The van der Waals surface area contributed by atoms with E-state index in [9.17, 15) is 31.4 Å². The van der Waals surface area contributed by atoms with Gasteiger partial charge >= 0.3 is 12.4 Å². The van der Waals surface area contributed by atoms with Crippen LogP contribution in [-0.2, 0) is 21.5 Å². The highest BCUT2D eigenvalue weighted by atomic mass is 19.4. The van der Waals surface area contributed by atoms with Crippen molar-refractivity contribution in [2.24, 2.45) is 0 Å². The summed E-state index contributed by atoms with van der Waals surface area (Å²) in [4.78, 5) is 0. The first-order valence-electron chi connectivity index (χ1n) is 8.77. The van der Waals surface area contributed by atoms with Crippen LogP contribution in [0.25, 0.3) is 6.08 Å². The number of rotatable bonds is 7. The van der Waals surface area contributed by atoms with Crippen molar-refractivity contribution in [1.29, 1.82) is 0 Å². The Morgan fingerprint density at radius 1 is 0.967 bits per heavy atom. The lowest BCUT2D eigenvalue weighted by Gasteiger charge is -2.37. The summed E-state index contributed by atoms with van der Waals surface area (Å²) < 4.78 is 91.9. The molecule has 0 fully saturated rings. The van der Waals surface area contributed by atoms with Crippen LogP contribution in [0.15, 0.2) is 48.5 Å². The Balaban J connectivity index is 2.80. The highest BCUT2D eigenvalue weighted by Crippen LogP contribution is 2.54. The lowest BCUT2D eigenvalue weighted by molar-refractivity contribution is -0.400. The molecule has 9 heteroatoms. The molecule has 0 amide bonds. The van der Waals surface area contributed by atoms with Gasteiger partial charge in [-0.1, -0.05) is 42.5 Å². The molecule has 0 unspecified atom stereocenters. The van der Waals surface area contributed by atoms with Crippen LogP contribution < -0.4 is 0 Å². The number of phenolic OH excluding ortho intramolecular Hbond substituents is 1. The molecule has 0 atom stereocenters. The molecule has 30 heavy (non-hydrogen) atoms. The molecule has 0 heterocycles. The number of methoxy groups -OCH3 is 1. The fourth-order valence-corrected chi connectivity index (χ4v) is 3.06. The summed E-state index contributed by atoms with van der Waals surface area (Å²) in [5.74, 6) is -0.411. The maximum absolute atomic E-state index is 13.9. The molecule has 1 N–H and O–H groups in total. The van der Waals surface area contributed by atoms with Crippen molar-refractivity contribution >= 4 is 6.08 Å². The molecule has 0 aliphatic heterocycles. The maximum Gasteiger partial charge on any atom is 0.430 e. The van der Waals surface area contributed by atoms with Gasteiger partial charge in [-0.05, 0) is 30.2 Å². The van der Waals surface area contributed by atoms with Gasteiger partial charge in [-0.25, -0.2) is 0 Å². The van der Waals surface area contributed by atoms with E-state index >= 15 is 0 Å². The highest BCUT2D eigenvalue weighted by Gasteiger charge is 2.73. The zero-order chi connectivity index (χ0) is 22.6. The fourth-order valence-electron chi connectivity index (χ4n) is 3.06. The number of alkyl halides is 6. The molecule has 0 radical (unpaired) electrons. The molecular formula is C21H20F6O3. The van der Waals surface area contributed by atoms with Gasteiger partial charge in [0.15, 0.2) is 0 Å². The Bertz CT molecular complexity index is 859. The first-order chi connectivity index (χ1) is 14.0. The van der Waals surface area contributed by atoms with Crippen LogP contribution in [0.4, 0.5) is 26.3 Å². The molecule has 2 aromatic rings. The smallest absolute Gasteiger partial charge is 0.430 e. The Kier molecular flexibility index (Phi) is 7.20. The summed E-state index contributed by atoms with van der Waals surface area (Å²) >= 11 is 0. The van der Waals surface area contributed by atoms with E-state index in [1.165, 1.54) is 19.1 Å². The van der Waals surface area contributed by atoms with Gasteiger partial charge in [0, 0.05) is 24.7 Å². The Morgan fingerprint density at radius 2 is 1.57 bits per heavy atom. The second-order valence-electron chi connectivity index (χ2n) is 6.46. The minimum atomic E-state index is -5.85.